The number of hydrogen-bond acceptors (Lipinski definition) is 4. The molecule has 0 atom stereocenters. The highest BCUT2D eigenvalue weighted by Crippen LogP contribution is 2.28. The summed E-state index contributed by atoms with van der Waals surface area (Å²) in [6, 6.07) is 7.52. The quantitative estimate of drug-likeness (QED) is 0.714. The van der Waals surface area contributed by atoms with Crippen LogP contribution in [0.5, 0.6) is 0 Å². The Bertz CT molecular complexity index is 754. The van der Waals surface area contributed by atoms with Crippen LogP contribution in [0.25, 0.3) is 0 Å². The van der Waals surface area contributed by atoms with Crippen molar-refractivity contribution in [3.63, 3.8) is 0 Å². The summed E-state index contributed by atoms with van der Waals surface area (Å²) in [6.07, 6.45) is -2.54. The van der Waals surface area contributed by atoms with Gasteiger partial charge in [0.25, 0.3) is 0 Å². The topological polar surface area (TPSA) is 68.0 Å². The SMILES string of the molecule is Cc1ccccc1NC(=O)C(C)(C)CCCCc1noc(C(F)(F)F)n1. The van der Waals surface area contributed by atoms with E-state index < -0.39 is 17.5 Å². The number of nitrogens with one attached hydrogen (secondary N) is 1. The monoisotopic (exact) mass is 369 g/mol. The Morgan fingerprint density at radius 1 is 1.19 bits per heavy atom. The Hall–Kier alpha value is -2.38. The molecule has 0 bridgehead atoms. The van der Waals surface area contributed by atoms with Crippen LogP contribution in [0, 0.1) is 12.3 Å². The number of halogens is 3. The molecule has 1 aromatic heterocycles. The van der Waals surface area contributed by atoms with Gasteiger partial charge in [0.05, 0.1) is 0 Å². The van der Waals surface area contributed by atoms with Gasteiger partial charge in [-0.3, -0.25) is 4.79 Å². The number of alkyl halides is 3. The van der Waals surface area contributed by atoms with Crippen molar-refractivity contribution in [3.8, 4) is 0 Å². The lowest BCUT2D eigenvalue weighted by molar-refractivity contribution is -0.159. The van der Waals surface area contributed by atoms with Crippen LogP contribution < -0.4 is 5.32 Å². The number of nitrogens with zero attached hydrogens (tertiary/aromatic N) is 2. The molecule has 0 saturated heterocycles. The third-order valence-electron chi connectivity index (χ3n) is 4.17. The first kappa shape index (κ1) is 19.9. The van der Waals surface area contributed by atoms with Gasteiger partial charge in [0.1, 0.15) is 0 Å². The van der Waals surface area contributed by atoms with Gasteiger partial charge in [-0.15, -0.1) is 0 Å². The van der Waals surface area contributed by atoms with E-state index in [9.17, 15) is 18.0 Å². The molecule has 0 spiro atoms. The predicted molar refractivity (Wildman–Crippen MR) is 90.4 cm³/mol. The second-order valence-electron chi connectivity index (χ2n) is 6.87. The summed E-state index contributed by atoms with van der Waals surface area (Å²) >= 11 is 0. The molecular formula is C18H22F3N3O2. The zero-order chi connectivity index (χ0) is 19.4. The van der Waals surface area contributed by atoms with Gasteiger partial charge in [-0.2, -0.15) is 18.2 Å². The number of carbonyl (C=O) groups is 1. The summed E-state index contributed by atoms with van der Waals surface area (Å²) in [5.74, 6) is -1.39. The third kappa shape index (κ3) is 5.31. The molecule has 1 aromatic carbocycles. The highest BCUT2D eigenvalue weighted by molar-refractivity contribution is 5.95. The van der Waals surface area contributed by atoms with Gasteiger partial charge >= 0.3 is 12.1 Å². The van der Waals surface area contributed by atoms with Crippen molar-refractivity contribution in [3.05, 3.63) is 41.5 Å². The largest absolute Gasteiger partial charge is 0.471 e. The van der Waals surface area contributed by atoms with Crippen molar-refractivity contribution in [2.75, 3.05) is 5.32 Å². The van der Waals surface area contributed by atoms with Gasteiger partial charge in [-0.25, -0.2) is 0 Å². The molecule has 0 fully saturated rings. The molecule has 0 aliphatic heterocycles. The van der Waals surface area contributed by atoms with E-state index in [0.29, 0.717) is 19.3 Å². The minimum atomic E-state index is -4.62. The Balaban J connectivity index is 1.81. The minimum Gasteiger partial charge on any atom is -0.329 e. The maximum Gasteiger partial charge on any atom is 0.471 e. The Morgan fingerprint density at radius 3 is 2.50 bits per heavy atom. The lowest BCUT2D eigenvalue weighted by Gasteiger charge is -2.24. The molecule has 0 aliphatic rings. The Kier molecular flexibility index (Phi) is 6.05. The first-order chi connectivity index (χ1) is 12.1. The van der Waals surface area contributed by atoms with Crippen molar-refractivity contribution in [1.29, 1.82) is 0 Å². The molecule has 1 heterocycles. The van der Waals surface area contributed by atoms with Crippen molar-refractivity contribution in [2.45, 2.75) is 52.6 Å². The molecule has 0 aliphatic carbocycles. The average molecular weight is 369 g/mol. The second-order valence-corrected chi connectivity index (χ2v) is 6.87. The van der Waals surface area contributed by atoms with E-state index in [2.05, 4.69) is 20.0 Å². The van der Waals surface area contributed by atoms with Crippen molar-refractivity contribution < 1.29 is 22.5 Å². The minimum absolute atomic E-state index is 0.0273. The zero-order valence-corrected chi connectivity index (χ0v) is 15.0. The number of hydrogen-bond donors (Lipinski definition) is 1. The van der Waals surface area contributed by atoms with Crippen molar-refractivity contribution in [1.82, 2.24) is 10.1 Å². The number of amides is 1. The number of para-hydroxylation sites is 1. The van der Waals surface area contributed by atoms with Crippen LogP contribution in [0.3, 0.4) is 0 Å². The first-order valence-corrected chi connectivity index (χ1v) is 8.36. The smallest absolute Gasteiger partial charge is 0.329 e. The number of benzene rings is 1. The van der Waals surface area contributed by atoms with E-state index in [1.807, 2.05) is 45.0 Å². The van der Waals surface area contributed by atoms with Crippen LogP contribution >= 0.6 is 0 Å². The molecule has 0 unspecified atom stereocenters. The number of rotatable bonds is 7. The fraction of sp³-hybridized carbons (Fsp3) is 0.500. The molecule has 2 rings (SSSR count). The molecule has 8 heteroatoms. The van der Waals surface area contributed by atoms with Crippen LogP contribution in [-0.2, 0) is 17.4 Å². The van der Waals surface area contributed by atoms with Gasteiger partial charge < -0.3 is 9.84 Å². The lowest BCUT2D eigenvalue weighted by atomic mass is 9.85. The second kappa shape index (κ2) is 7.88. The predicted octanol–water partition coefficient (Wildman–Crippen LogP) is 4.77. The fourth-order valence-electron chi connectivity index (χ4n) is 2.44. The normalized spacial score (nSPS) is 12.2. The summed E-state index contributed by atoms with van der Waals surface area (Å²) in [6.45, 7) is 5.61. The van der Waals surface area contributed by atoms with Gasteiger partial charge in [0, 0.05) is 17.5 Å². The molecule has 26 heavy (non-hydrogen) atoms. The highest BCUT2D eigenvalue weighted by atomic mass is 19.4. The molecule has 0 saturated carbocycles. The maximum absolute atomic E-state index is 12.5. The summed E-state index contributed by atoms with van der Waals surface area (Å²) in [4.78, 5) is 15.8. The number of aryl methyl sites for hydroxylation is 2. The van der Waals surface area contributed by atoms with Crippen molar-refractivity contribution >= 4 is 11.6 Å². The molecule has 5 nitrogen and oxygen atoms in total. The van der Waals surface area contributed by atoms with Gasteiger partial charge in [0.15, 0.2) is 5.82 Å². The van der Waals surface area contributed by atoms with Crippen molar-refractivity contribution in [2.24, 2.45) is 5.41 Å². The van der Waals surface area contributed by atoms with Crippen LogP contribution in [-0.4, -0.2) is 16.0 Å². The summed E-state index contributed by atoms with van der Waals surface area (Å²) in [5, 5.41) is 6.26. The van der Waals surface area contributed by atoms with Crippen LogP contribution in [0.1, 0.15) is 50.4 Å². The molecule has 0 radical (unpaired) electrons. The zero-order valence-electron chi connectivity index (χ0n) is 15.0. The standard InChI is InChI=1S/C18H22F3N3O2/c1-12-8-4-5-9-13(12)22-15(25)17(2,3)11-7-6-10-14-23-16(26-24-14)18(19,20)21/h4-5,8-9H,6-7,10-11H2,1-3H3,(H,22,25). The summed E-state index contributed by atoms with van der Waals surface area (Å²) in [5.41, 5.74) is 1.16. The molecule has 1 amide bonds. The van der Waals surface area contributed by atoms with Crippen LogP contribution in [0.4, 0.5) is 18.9 Å². The van der Waals surface area contributed by atoms with Crippen LogP contribution in [0.2, 0.25) is 0 Å². The van der Waals surface area contributed by atoms with E-state index in [0.717, 1.165) is 11.3 Å². The van der Waals surface area contributed by atoms with E-state index in [1.165, 1.54) is 0 Å². The van der Waals surface area contributed by atoms with E-state index >= 15 is 0 Å². The number of carbonyl (C=O) groups excluding carboxylic acids is 1. The Labute approximate surface area is 150 Å². The molecule has 1 N–H and O–H groups in total. The van der Waals surface area contributed by atoms with E-state index in [1.54, 1.807) is 0 Å². The first-order valence-electron chi connectivity index (χ1n) is 8.36. The number of anilines is 1. The number of aromatic nitrogens is 2. The average Bonchev–Trinajstić information content (AvgIpc) is 3.03. The van der Waals surface area contributed by atoms with Crippen LogP contribution in [0.15, 0.2) is 28.8 Å². The lowest BCUT2D eigenvalue weighted by Crippen LogP contribution is -2.31. The Morgan fingerprint density at radius 2 is 1.88 bits per heavy atom. The van der Waals surface area contributed by atoms with E-state index in [4.69, 9.17) is 0 Å². The highest BCUT2D eigenvalue weighted by Gasteiger charge is 2.38. The van der Waals surface area contributed by atoms with Gasteiger partial charge in [-0.1, -0.05) is 43.6 Å². The van der Waals surface area contributed by atoms with E-state index in [-0.39, 0.29) is 18.2 Å². The summed E-state index contributed by atoms with van der Waals surface area (Å²) < 4.78 is 41.4. The molecule has 2 aromatic rings. The fourth-order valence-corrected chi connectivity index (χ4v) is 2.44. The van der Waals surface area contributed by atoms with Gasteiger partial charge in [0.2, 0.25) is 5.91 Å². The third-order valence-corrected chi connectivity index (χ3v) is 4.17. The maximum atomic E-state index is 12.5. The summed E-state index contributed by atoms with van der Waals surface area (Å²) in [7, 11) is 0. The number of unbranched alkanes of at least 4 members (excludes halogenated alkanes) is 1. The van der Waals surface area contributed by atoms with Gasteiger partial charge in [-0.05, 0) is 31.4 Å². The molecule has 142 valence electrons. The molecular weight excluding hydrogens is 347 g/mol.